The highest BCUT2D eigenvalue weighted by Gasteiger charge is 2.29. The Balaban J connectivity index is 1.35. The summed E-state index contributed by atoms with van der Waals surface area (Å²) in [4.78, 5) is 13.9. The number of nitrogens with zero attached hydrogens (tertiary/aromatic N) is 3. The summed E-state index contributed by atoms with van der Waals surface area (Å²) in [5.41, 5.74) is 2.16. The lowest BCUT2D eigenvalue weighted by Crippen LogP contribution is -2.14. The predicted molar refractivity (Wildman–Crippen MR) is 130 cm³/mol. The molecule has 0 unspecified atom stereocenters. The highest BCUT2D eigenvalue weighted by Crippen LogP contribution is 2.33. The topological polar surface area (TPSA) is 93.9 Å². The second-order valence-electron chi connectivity index (χ2n) is 8.58. The molecule has 1 saturated heterocycles. The van der Waals surface area contributed by atoms with Crippen molar-refractivity contribution in [2.24, 2.45) is 0 Å². The predicted octanol–water partition coefficient (Wildman–Crippen LogP) is 4.20. The Labute approximate surface area is 197 Å². The van der Waals surface area contributed by atoms with E-state index in [1.807, 2.05) is 42.5 Å². The molecule has 2 aromatic carbocycles. The molecule has 0 aliphatic carbocycles. The van der Waals surface area contributed by atoms with Crippen molar-refractivity contribution in [2.75, 3.05) is 16.8 Å². The molecule has 9 heteroatoms. The molecule has 2 aliphatic heterocycles. The third-order valence-corrected chi connectivity index (χ3v) is 9.43. The van der Waals surface area contributed by atoms with E-state index in [-0.39, 0.29) is 22.7 Å². The van der Waals surface area contributed by atoms with E-state index >= 15 is 0 Å². The molecule has 0 bridgehead atoms. The number of thioether (sulfide) groups is 1. The lowest BCUT2D eigenvalue weighted by Gasteiger charge is -2.13. The van der Waals surface area contributed by atoms with Crippen LogP contribution in [0.1, 0.15) is 41.9 Å². The van der Waals surface area contributed by atoms with Crippen LogP contribution in [0, 0.1) is 0 Å². The van der Waals surface area contributed by atoms with Crippen LogP contribution in [0.25, 0.3) is 11.4 Å². The van der Waals surface area contributed by atoms with Gasteiger partial charge in [-0.15, -0.1) is 22.0 Å². The summed E-state index contributed by atoms with van der Waals surface area (Å²) in [7, 11) is -2.97. The average molecular weight is 483 g/mol. The molecule has 3 heterocycles. The molecular weight excluding hydrogens is 456 g/mol. The number of carbonyl (C=O) groups excluding carboxylic acids is 1. The SMILES string of the molecule is O=C(Nc1cccc(-c2nnc3n2CCCCC3)c1)c1ccccc1S[C@@H]1CCS(=O)(=O)C1. The number of hydrogen-bond donors (Lipinski definition) is 1. The molecule has 1 atom stereocenters. The molecule has 33 heavy (non-hydrogen) atoms. The van der Waals surface area contributed by atoms with Gasteiger partial charge in [0.2, 0.25) is 0 Å². The van der Waals surface area contributed by atoms with Crippen LogP contribution in [-0.4, -0.2) is 45.8 Å². The number of carbonyl (C=O) groups is 1. The molecule has 0 spiro atoms. The van der Waals surface area contributed by atoms with Crippen molar-refractivity contribution in [3.05, 3.63) is 59.9 Å². The number of amides is 1. The Bertz CT molecular complexity index is 1290. The van der Waals surface area contributed by atoms with Crippen LogP contribution in [0.4, 0.5) is 5.69 Å². The Kier molecular flexibility index (Phi) is 6.25. The molecule has 1 amide bonds. The Hall–Kier alpha value is -2.65. The van der Waals surface area contributed by atoms with Gasteiger partial charge in [0.1, 0.15) is 5.82 Å². The summed E-state index contributed by atoms with van der Waals surface area (Å²) in [5.74, 6) is 2.03. The molecule has 7 nitrogen and oxygen atoms in total. The van der Waals surface area contributed by atoms with E-state index in [0.717, 1.165) is 47.9 Å². The summed E-state index contributed by atoms with van der Waals surface area (Å²) in [5, 5.41) is 11.8. The molecular formula is C24H26N4O3S2. The standard InChI is InChI=1S/C24H26N4O3S2/c29-24(20-9-3-4-10-21(20)32-19-12-14-33(30,31)16-19)25-18-8-6-7-17(15-18)23-27-26-22-11-2-1-5-13-28(22)23/h3-4,6-10,15,19H,1-2,5,11-14,16H2,(H,25,29)/t19-/m1/s1. The smallest absolute Gasteiger partial charge is 0.256 e. The molecule has 0 radical (unpaired) electrons. The van der Waals surface area contributed by atoms with E-state index < -0.39 is 9.84 Å². The minimum atomic E-state index is -2.97. The first-order valence-corrected chi connectivity index (χ1v) is 14.0. The quantitative estimate of drug-likeness (QED) is 0.586. The number of fused-ring (bicyclic) bond motifs is 1. The van der Waals surface area contributed by atoms with Crippen molar-refractivity contribution in [3.8, 4) is 11.4 Å². The first kappa shape index (κ1) is 22.2. The molecule has 0 saturated carbocycles. The number of aryl methyl sites for hydroxylation is 1. The van der Waals surface area contributed by atoms with E-state index in [1.54, 1.807) is 6.07 Å². The number of sulfone groups is 1. The van der Waals surface area contributed by atoms with E-state index in [2.05, 4.69) is 20.1 Å². The minimum Gasteiger partial charge on any atom is -0.322 e. The zero-order valence-corrected chi connectivity index (χ0v) is 19.9. The van der Waals surface area contributed by atoms with Crippen molar-refractivity contribution in [3.63, 3.8) is 0 Å². The highest BCUT2D eigenvalue weighted by atomic mass is 32.2. The summed E-state index contributed by atoms with van der Waals surface area (Å²) >= 11 is 1.48. The lowest BCUT2D eigenvalue weighted by atomic mass is 10.1. The molecule has 2 aliphatic rings. The van der Waals surface area contributed by atoms with Gasteiger partial charge in [0.25, 0.3) is 5.91 Å². The third kappa shape index (κ3) is 4.99. The Morgan fingerprint density at radius 3 is 2.79 bits per heavy atom. The Morgan fingerprint density at radius 1 is 1.06 bits per heavy atom. The fourth-order valence-corrected chi connectivity index (χ4v) is 8.05. The number of rotatable bonds is 5. The maximum atomic E-state index is 13.1. The van der Waals surface area contributed by atoms with Crippen LogP contribution in [-0.2, 0) is 22.8 Å². The van der Waals surface area contributed by atoms with Gasteiger partial charge >= 0.3 is 0 Å². The fraction of sp³-hybridized carbons (Fsp3) is 0.375. The number of nitrogens with one attached hydrogen (secondary N) is 1. The average Bonchev–Trinajstić information content (AvgIpc) is 3.27. The van der Waals surface area contributed by atoms with Crippen LogP contribution in [0.15, 0.2) is 53.4 Å². The third-order valence-electron chi connectivity index (χ3n) is 6.10. The lowest BCUT2D eigenvalue weighted by molar-refractivity contribution is 0.102. The first-order valence-electron chi connectivity index (χ1n) is 11.3. The molecule has 5 rings (SSSR count). The van der Waals surface area contributed by atoms with Gasteiger partial charge in [0.15, 0.2) is 15.7 Å². The van der Waals surface area contributed by atoms with Crippen molar-refractivity contribution in [2.45, 2.75) is 48.8 Å². The summed E-state index contributed by atoms with van der Waals surface area (Å²) in [6.45, 7) is 0.912. The van der Waals surface area contributed by atoms with Crippen LogP contribution in [0.3, 0.4) is 0 Å². The summed E-state index contributed by atoms with van der Waals surface area (Å²) in [6, 6.07) is 15.1. The van der Waals surface area contributed by atoms with Gasteiger partial charge in [-0.1, -0.05) is 30.7 Å². The van der Waals surface area contributed by atoms with Gasteiger partial charge in [-0.05, 0) is 43.5 Å². The number of hydrogen-bond acceptors (Lipinski definition) is 6. The van der Waals surface area contributed by atoms with E-state index in [1.165, 1.54) is 18.2 Å². The molecule has 1 N–H and O–H groups in total. The van der Waals surface area contributed by atoms with Crippen molar-refractivity contribution in [1.29, 1.82) is 0 Å². The first-order chi connectivity index (χ1) is 16.0. The van der Waals surface area contributed by atoms with Crippen molar-refractivity contribution < 1.29 is 13.2 Å². The van der Waals surface area contributed by atoms with Gasteiger partial charge in [0.05, 0.1) is 17.1 Å². The van der Waals surface area contributed by atoms with Gasteiger partial charge in [-0.25, -0.2) is 8.42 Å². The second kappa shape index (κ2) is 9.30. The summed E-state index contributed by atoms with van der Waals surface area (Å²) in [6.07, 6.45) is 5.01. The molecule has 3 aromatic rings. The highest BCUT2D eigenvalue weighted by molar-refractivity contribution is 8.02. The number of aromatic nitrogens is 3. The van der Waals surface area contributed by atoms with Gasteiger partial charge in [0, 0.05) is 34.4 Å². The fourth-order valence-electron chi connectivity index (χ4n) is 4.42. The normalized spacial score (nSPS) is 19.6. The van der Waals surface area contributed by atoms with Gasteiger partial charge < -0.3 is 9.88 Å². The van der Waals surface area contributed by atoms with Gasteiger partial charge in [-0.2, -0.15) is 0 Å². The monoisotopic (exact) mass is 482 g/mol. The largest absolute Gasteiger partial charge is 0.322 e. The van der Waals surface area contributed by atoms with E-state index in [4.69, 9.17) is 0 Å². The van der Waals surface area contributed by atoms with Crippen LogP contribution >= 0.6 is 11.8 Å². The second-order valence-corrected chi connectivity index (χ2v) is 12.1. The molecule has 172 valence electrons. The van der Waals surface area contributed by atoms with Crippen LogP contribution < -0.4 is 5.32 Å². The zero-order valence-electron chi connectivity index (χ0n) is 18.2. The van der Waals surface area contributed by atoms with Crippen LogP contribution in [0.5, 0.6) is 0 Å². The van der Waals surface area contributed by atoms with E-state index in [9.17, 15) is 13.2 Å². The minimum absolute atomic E-state index is 0.0181. The Morgan fingerprint density at radius 2 is 1.94 bits per heavy atom. The van der Waals surface area contributed by atoms with E-state index in [0.29, 0.717) is 17.7 Å². The molecule has 1 aromatic heterocycles. The number of benzene rings is 2. The number of anilines is 1. The van der Waals surface area contributed by atoms with Gasteiger partial charge in [-0.3, -0.25) is 4.79 Å². The van der Waals surface area contributed by atoms with Crippen molar-refractivity contribution in [1.82, 2.24) is 14.8 Å². The van der Waals surface area contributed by atoms with Crippen molar-refractivity contribution >= 4 is 33.2 Å². The maximum Gasteiger partial charge on any atom is 0.256 e. The zero-order chi connectivity index (χ0) is 22.8. The molecule has 1 fully saturated rings. The summed E-state index contributed by atoms with van der Waals surface area (Å²) < 4.78 is 25.8. The maximum absolute atomic E-state index is 13.1. The van der Waals surface area contributed by atoms with Crippen LogP contribution in [0.2, 0.25) is 0 Å².